The van der Waals surface area contributed by atoms with Gasteiger partial charge in [-0.15, -0.1) is 0 Å². The molecule has 1 atom stereocenters. The fraction of sp³-hybridized carbons (Fsp3) is 0.391. The highest BCUT2D eigenvalue weighted by molar-refractivity contribution is 14.1. The van der Waals surface area contributed by atoms with Crippen molar-refractivity contribution >= 4 is 38.3 Å². The number of unbranched alkanes of at least 4 members (excludes halogenated alkanes) is 3. The maximum atomic E-state index is 13.7. The SMILES string of the molecule is CCCCCC[C@@H]1CC(I)=C(c2ccccc2)N1S(=O)(=O)c1ccc(OC)cc1. The lowest BCUT2D eigenvalue weighted by Gasteiger charge is -2.29. The van der Waals surface area contributed by atoms with Crippen LogP contribution in [-0.2, 0) is 10.0 Å². The third-order valence-corrected chi connectivity index (χ3v) is 8.10. The fourth-order valence-corrected chi connectivity index (χ4v) is 6.75. The Morgan fingerprint density at radius 1 is 1.03 bits per heavy atom. The van der Waals surface area contributed by atoms with E-state index < -0.39 is 10.0 Å². The van der Waals surface area contributed by atoms with Gasteiger partial charge >= 0.3 is 0 Å². The topological polar surface area (TPSA) is 46.6 Å². The molecule has 3 rings (SSSR count). The first-order chi connectivity index (χ1) is 14.0. The van der Waals surface area contributed by atoms with Gasteiger partial charge in [-0.05, 0) is 58.8 Å². The summed E-state index contributed by atoms with van der Waals surface area (Å²) in [6.45, 7) is 2.19. The summed E-state index contributed by atoms with van der Waals surface area (Å²) in [7, 11) is -2.09. The van der Waals surface area contributed by atoms with Crippen LogP contribution >= 0.6 is 22.6 Å². The zero-order valence-corrected chi connectivity index (χ0v) is 19.9. The number of nitrogens with zero attached hydrogens (tertiary/aromatic N) is 1. The molecule has 0 fully saturated rings. The molecule has 29 heavy (non-hydrogen) atoms. The van der Waals surface area contributed by atoms with Crippen LogP contribution in [0.2, 0.25) is 0 Å². The van der Waals surface area contributed by atoms with Crippen molar-refractivity contribution in [3.05, 3.63) is 63.7 Å². The number of ether oxygens (including phenoxy) is 1. The molecule has 4 nitrogen and oxygen atoms in total. The number of rotatable bonds is 9. The zero-order valence-electron chi connectivity index (χ0n) is 17.0. The van der Waals surface area contributed by atoms with E-state index in [9.17, 15) is 8.42 Å². The van der Waals surface area contributed by atoms with Crippen LogP contribution in [0.15, 0.2) is 63.1 Å². The third-order valence-electron chi connectivity index (χ3n) is 5.28. The molecule has 2 aromatic rings. The van der Waals surface area contributed by atoms with Crippen molar-refractivity contribution in [2.45, 2.75) is 56.4 Å². The lowest BCUT2D eigenvalue weighted by molar-refractivity contribution is 0.397. The van der Waals surface area contributed by atoms with Gasteiger partial charge in [0.2, 0.25) is 0 Å². The van der Waals surface area contributed by atoms with Crippen LogP contribution in [0.5, 0.6) is 5.75 Å². The van der Waals surface area contributed by atoms with Gasteiger partial charge in [0.15, 0.2) is 0 Å². The Morgan fingerprint density at radius 3 is 2.34 bits per heavy atom. The summed E-state index contributed by atoms with van der Waals surface area (Å²) in [5.41, 5.74) is 1.77. The Labute approximate surface area is 188 Å². The minimum Gasteiger partial charge on any atom is -0.497 e. The normalized spacial score (nSPS) is 17.1. The van der Waals surface area contributed by atoms with E-state index in [0.29, 0.717) is 10.6 Å². The minimum absolute atomic E-state index is 0.0407. The molecule has 0 aliphatic carbocycles. The van der Waals surface area contributed by atoms with E-state index in [1.807, 2.05) is 30.3 Å². The molecule has 0 radical (unpaired) electrons. The van der Waals surface area contributed by atoms with E-state index in [1.54, 1.807) is 35.7 Å². The predicted molar refractivity (Wildman–Crippen MR) is 127 cm³/mol. The number of sulfonamides is 1. The third kappa shape index (κ3) is 4.97. The molecule has 0 saturated heterocycles. The van der Waals surface area contributed by atoms with Crippen LogP contribution in [0, 0.1) is 0 Å². The summed E-state index contributed by atoms with van der Waals surface area (Å²) >= 11 is 2.32. The average molecular weight is 525 g/mol. The molecule has 0 bridgehead atoms. The van der Waals surface area contributed by atoms with Gasteiger partial charge in [0.05, 0.1) is 23.7 Å². The maximum Gasteiger partial charge on any atom is 0.264 e. The summed E-state index contributed by atoms with van der Waals surface area (Å²) in [5, 5.41) is 0. The first kappa shape index (κ1) is 22.2. The number of hydrogen-bond donors (Lipinski definition) is 0. The zero-order chi connectivity index (χ0) is 20.9. The Balaban J connectivity index is 1.98. The molecule has 2 aromatic carbocycles. The number of methoxy groups -OCH3 is 1. The van der Waals surface area contributed by atoms with Crippen LogP contribution in [0.25, 0.3) is 5.70 Å². The van der Waals surface area contributed by atoms with Gasteiger partial charge in [-0.3, -0.25) is 4.31 Å². The van der Waals surface area contributed by atoms with Crippen molar-refractivity contribution in [1.82, 2.24) is 4.31 Å². The van der Waals surface area contributed by atoms with Gasteiger partial charge in [-0.25, -0.2) is 8.42 Å². The van der Waals surface area contributed by atoms with Crippen LogP contribution in [0.3, 0.4) is 0 Å². The largest absolute Gasteiger partial charge is 0.497 e. The Kier molecular flexibility index (Phi) is 7.62. The second kappa shape index (κ2) is 9.98. The van der Waals surface area contributed by atoms with Gasteiger partial charge < -0.3 is 4.74 Å². The molecule has 1 aliphatic heterocycles. The number of hydrogen-bond acceptors (Lipinski definition) is 3. The molecular formula is C23H28INO3S. The molecule has 0 unspecified atom stereocenters. The van der Waals surface area contributed by atoms with Gasteiger partial charge in [-0.2, -0.15) is 0 Å². The van der Waals surface area contributed by atoms with Crippen LogP contribution in [0.4, 0.5) is 0 Å². The smallest absolute Gasteiger partial charge is 0.264 e. The monoisotopic (exact) mass is 525 g/mol. The molecule has 0 saturated carbocycles. The van der Waals surface area contributed by atoms with E-state index in [0.717, 1.165) is 40.5 Å². The maximum absolute atomic E-state index is 13.7. The Hall–Kier alpha value is -1.54. The van der Waals surface area contributed by atoms with Crippen LogP contribution in [-0.4, -0.2) is 25.9 Å². The van der Waals surface area contributed by atoms with Gasteiger partial charge in [0, 0.05) is 10.0 Å². The standard InChI is InChI=1S/C23H28INO3S/c1-3-4-5-9-12-19-17-22(24)23(18-10-7-6-8-11-18)25(19)29(26,27)21-15-13-20(28-2)14-16-21/h6-8,10-11,13-16,19H,3-5,9,12,17H2,1-2H3/t19-/m1/s1. The molecule has 0 amide bonds. The highest BCUT2D eigenvalue weighted by atomic mass is 127. The van der Waals surface area contributed by atoms with Crippen LogP contribution in [0.1, 0.15) is 51.0 Å². The van der Waals surface area contributed by atoms with Crippen LogP contribution < -0.4 is 4.74 Å². The van der Waals surface area contributed by atoms with Crippen molar-refractivity contribution in [2.75, 3.05) is 7.11 Å². The summed E-state index contributed by atoms with van der Waals surface area (Å²) < 4.78 is 35.4. The fourth-order valence-electron chi connectivity index (χ4n) is 3.77. The summed E-state index contributed by atoms with van der Waals surface area (Å²) in [5.74, 6) is 0.648. The molecular weight excluding hydrogens is 497 g/mol. The summed E-state index contributed by atoms with van der Waals surface area (Å²) in [4.78, 5) is 0.302. The van der Waals surface area contributed by atoms with E-state index in [1.165, 1.54) is 12.8 Å². The molecule has 156 valence electrons. The van der Waals surface area contributed by atoms with E-state index in [-0.39, 0.29) is 6.04 Å². The van der Waals surface area contributed by atoms with Gasteiger partial charge in [-0.1, -0.05) is 62.9 Å². The summed E-state index contributed by atoms with van der Waals surface area (Å²) in [6.07, 6.45) is 6.18. The lowest BCUT2D eigenvalue weighted by atomic mass is 10.1. The Morgan fingerprint density at radius 2 is 1.72 bits per heavy atom. The van der Waals surface area contributed by atoms with E-state index in [4.69, 9.17) is 4.74 Å². The predicted octanol–water partition coefficient (Wildman–Crippen LogP) is 6.23. The first-order valence-corrected chi connectivity index (χ1v) is 12.6. The number of benzene rings is 2. The lowest BCUT2D eigenvalue weighted by Crippen LogP contribution is -2.35. The minimum atomic E-state index is -3.67. The van der Waals surface area contributed by atoms with Crippen molar-refractivity contribution in [3.63, 3.8) is 0 Å². The second-order valence-corrected chi connectivity index (χ2v) is 10.4. The molecule has 0 aromatic heterocycles. The molecule has 1 aliphatic rings. The molecule has 1 heterocycles. The van der Waals surface area contributed by atoms with Crippen molar-refractivity contribution in [1.29, 1.82) is 0 Å². The molecule has 0 spiro atoms. The van der Waals surface area contributed by atoms with Gasteiger partial charge in [0.25, 0.3) is 10.0 Å². The number of halogens is 1. The van der Waals surface area contributed by atoms with Gasteiger partial charge in [0.1, 0.15) is 5.75 Å². The van der Waals surface area contributed by atoms with E-state index >= 15 is 0 Å². The molecule has 0 N–H and O–H groups in total. The summed E-state index contributed by atoms with van der Waals surface area (Å²) in [6, 6.07) is 16.5. The van der Waals surface area contributed by atoms with Crippen molar-refractivity contribution in [3.8, 4) is 5.75 Å². The Bertz CT molecular complexity index is 940. The quantitative estimate of drug-likeness (QED) is 0.288. The van der Waals surface area contributed by atoms with E-state index in [2.05, 4.69) is 29.5 Å². The van der Waals surface area contributed by atoms with Crippen molar-refractivity contribution in [2.24, 2.45) is 0 Å². The van der Waals surface area contributed by atoms with Crippen molar-refractivity contribution < 1.29 is 13.2 Å². The second-order valence-electron chi connectivity index (χ2n) is 7.30. The molecule has 6 heteroatoms. The highest BCUT2D eigenvalue weighted by Gasteiger charge is 2.39. The average Bonchev–Trinajstić information content (AvgIpc) is 3.08. The first-order valence-electron chi connectivity index (χ1n) is 10.1. The highest BCUT2D eigenvalue weighted by Crippen LogP contribution is 2.44.